The SMILES string of the molecule is OC12C=CC(CC1)O2. The summed E-state index contributed by atoms with van der Waals surface area (Å²) in [7, 11) is 0. The molecule has 1 fully saturated rings. The second-order valence-corrected chi connectivity index (χ2v) is 2.40. The van der Waals surface area contributed by atoms with Crippen molar-refractivity contribution < 1.29 is 9.84 Å². The fraction of sp³-hybridized carbons (Fsp3) is 0.667. The molecular formula is C6H8O2. The van der Waals surface area contributed by atoms with E-state index in [1.807, 2.05) is 6.08 Å². The van der Waals surface area contributed by atoms with Crippen molar-refractivity contribution in [1.29, 1.82) is 0 Å². The summed E-state index contributed by atoms with van der Waals surface area (Å²) in [6.07, 6.45) is 5.62. The molecule has 1 saturated heterocycles. The Balaban J connectivity index is 2.33. The Morgan fingerprint density at radius 2 is 2.62 bits per heavy atom. The average molecular weight is 112 g/mol. The van der Waals surface area contributed by atoms with Gasteiger partial charge < -0.3 is 9.84 Å². The van der Waals surface area contributed by atoms with E-state index < -0.39 is 5.79 Å². The molecular weight excluding hydrogens is 104 g/mol. The van der Waals surface area contributed by atoms with E-state index in [1.165, 1.54) is 0 Å². The number of fused-ring (bicyclic) bond motifs is 2. The predicted octanol–water partition coefficient (Wildman–Crippen LogP) is 0.424. The summed E-state index contributed by atoms with van der Waals surface area (Å²) >= 11 is 0. The van der Waals surface area contributed by atoms with Crippen LogP contribution in [0.15, 0.2) is 12.2 Å². The molecule has 2 nitrogen and oxygen atoms in total. The van der Waals surface area contributed by atoms with Crippen molar-refractivity contribution in [3.8, 4) is 0 Å². The zero-order chi connectivity index (χ0) is 5.61. The number of hydrogen-bond donors (Lipinski definition) is 1. The van der Waals surface area contributed by atoms with Gasteiger partial charge in [0.15, 0.2) is 5.79 Å². The molecule has 2 atom stereocenters. The first-order valence-corrected chi connectivity index (χ1v) is 2.88. The first-order valence-electron chi connectivity index (χ1n) is 2.88. The van der Waals surface area contributed by atoms with E-state index in [0.717, 1.165) is 12.8 Å². The Kier molecular flexibility index (Phi) is 0.648. The summed E-state index contributed by atoms with van der Waals surface area (Å²) in [5, 5.41) is 9.23. The normalized spacial score (nSPS) is 50.9. The van der Waals surface area contributed by atoms with Crippen LogP contribution in [-0.4, -0.2) is 17.0 Å². The van der Waals surface area contributed by atoms with Crippen molar-refractivity contribution in [3.05, 3.63) is 12.2 Å². The van der Waals surface area contributed by atoms with Crippen LogP contribution in [0.1, 0.15) is 12.8 Å². The van der Waals surface area contributed by atoms with Gasteiger partial charge in [-0.3, -0.25) is 0 Å². The van der Waals surface area contributed by atoms with Gasteiger partial charge in [0.05, 0.1) is 6.10 Å². The van der Waals surface area contributed by atoms with Crippen LogP contribution < -0.4 is 0 Å². The van der Waals surface area contributed by atoms with Gasteiger partial charge >= 0.3 is 0 Å². The topological polar surface area (TPSA) is 29.5 Å². The van der Waals surface area contributed by atoms with Gasteiger partial charge in [0, 0.05) is 6.42 Å². The fourth-order valence-electron chi connectivity index (χ4n) is 1.24. The summed E-state index contributed by atoms with van der Waals surface area (Å²) in [4.78, 5) is 0. The van der Waals surface area contributed by atoms with E-state index in [4.69, 9.17) is 4.74 Å². The molecule has 2 bridgehead atoms. The minimum atomic E-state index is -0.870. The van der Waals surface area contributed by atoms with Crippen molar-refractivity contribution in [2.24, 2.45) is 0 Å². The molecule has 0 saturated carbocycles. The first-order chi connectivity index (χ1) is 3.79. The highest BCUT2D eigenvalue weighted by Crippen LogP contribution is 2.35. The highest BCUT2D eigenvalue weighted by Gasteiger charge is 2.39. The standard InChI is InChI=1S/C6H8O2/c7-6-3-1-5(8-6)2-4-6/h1,3,5,7H,2,4H2. The first kappa shape index (κ1) is 4.53. The van der Waals surface area contributed by atoms with Gasteiger partial charge in [-0.25, -0.2) is 0 Å². The Bertz CT molecular complexity index is 141. The molecule has 0 aromatic carbocycles. The summed E-state index contributed by atoms with van der Waals surface area (Å²) in [5.74, 6) is -0.870. The van der Waals surface area contributed by atoms with Crippen LogP contribution in [0.5, 0.6) is 0 Å². The van der Waals surface area contributed by atoms with Crippen LogP contribution >= 0.6 is 0 Å². The minimum Gasteiger partial charge on any atom is -0.362 e. The van der Waals surface area contributed by atoms with Crippen LogP contribution in [0, 0.1) is 0 Å². The molecule has 2 aliphatic heterocycles. The molecule has 0 amide bonds. The third kappa shape index (κ3) is 0.443. The van der Waals surface area contributed by atoms with Crippen molar-refractivity contribution >= 4 is 0 Å². The van der Waals surface area contributed by atoms with Crippen molar-refractivity contribution in [2.45, 2.75) is 24.7 Å². The highest BCUT2D eigenvalue weighted by molar-refractivity contribution is 5.11. The van der Waals surface area contributed by atoms with E-state index in [2.05, 4.69) is 0 Å². The van der Waals surface area contributed by atoms with Crippen molar-refractivity contribution in [2.75, 3.05) is 0 Å². The molecule has 1 N–H and O–H groups in total. The van der Waals surface area contributed by atoms with Gasteiger partial charge in [-0.15, -0.1) is 0 Å². The lowest BCUT2D eigenvalue weighted by Crippen LogP contribution is -2.20. The van der Waals surface area contributed by atoms with Crippen LogP contribution in [0.2, 0.25) is 0 Å². The Hall–Kier alpha value is -0.340. The maximum atomic E-state index is 9.23. The van der Waals surface area contributed by atoms with Gasteiger partial charge in [-0.1, -0.05) is 6.08 Å². The highest BCUT2D eigenvalue weighted by atomic mass is 16.6. The molecule has 2 rings (SSSR count). The molecule has 0 aromatic rings. The van der Waals surface area contributed by atoms with E-state index >= 15 is 0 Å². The van der Waals surface area contributed by atoms with Gasteiger partial charge in [0.25, 0.3) is 0 Å². The molecule has 0 aromatic heterocycles. The predicted molar refractivity (Wildman–Crippen MR) is 28.2 cm³/mol. The van der Waals surface area contributed by atoms with Gasteiger partial charge in [-0.05, 0) is 12.5 Å². The van der Waals surface area contributed by atoms with E-state index in [1.54, 1.807) is 6.08 Å². The zero-order valence-electron chi connectivity index (χ0n) is 4.50. The van der Waals surface area contributed by atoms with Gasteiger partial charge in [0.2, 0.25) is 0 Å². The minimum absolute atomic E-state index is 0.208. The molecule has 0 radical (unpaired) electrons. The molecule has 0 aliphatic carbocycles. The monoisotopic (exact) mass is 112 g/mol. The van der Waals surface area contributed by atoms with Crippen molar-refractivity contribution in [3.63, 3.8) is 0 Å². The number of aliphatic hydroxyl groups is 1. The Labute approximate surface area is 47.8 Å². The van der Waals surface area contributed by atoms with E-state index in [-0.39, 0.29) is 6.10 Å². The molecule has 2 heterocycles. The molecule has 2 unspecified atom stereocenters. The van der Waals surface area contributed by atoms with Crippen LogP contribution in [0.25, 0.3) is 0 Å². The summed E-state index contributed by atoms with van der Waals surface area (Å²) in [5.41, 5.74) is 0. The van der Waals surface area contributed by atoms with E-state index in [9.17, 15) is 5.11 Å². The third-order valence-corrected chi connectivity index (χ3v) is 1.71. The number of rotatable bonds is 0. The fourth-order valence-corrected chi connectivity index (χ4v) is 1.24. The summed E-state index contributed by atoms with van der Waals surface area (Å²) in [6, 6.07) is 0. The average Bonchev–Trinajstić information content (AvgIpc) is 2.21. The number of hydrogen-bond acceptors (Lipinski definition) is 2. The molecule has 2 aliphatic rings. The third-order valence-electron chi connectivity index (χ3n) is 1.71. The van der Waals surface area contributed by atoms with Crippen LogP contribution in [0.3, 0.4) is 0 Å². The molecule has 2 heteroatoms. The maximum absolute atomic E-state index is 9.23. The zero-order valence-corrected chi connectivity index (χ0v) is 4.50. The number of ether oxygens (including phenoxy) is 1. The summed E-state index contributed by atoms with van der Waals surface area (Å²) in [6.45, 7) is 0. The van der Waals surface area contributed by atoms with Crippen LogP contribution in [0.4, 0.5) is 0 Å². The largest absolute Gasteiger partial charge is 0.362 e. The van der Waals surface area contributed by atoms with Crippen LogP contribution in [-0.2, 0) is 4.74 Å². The van der Waals surface area contributed by atoms with Gasteiger partial charge in [-0.2, -0.15) is 0 Å². The Morgan fingerprint density at radius 3 is 2.75 bits per heavy atom. The lowest BCUT2D eigenvalue weighted by atomic mass is 10.1. The van der Waals surface area contributed by atoms with E-state index in [0.29, 0.717) is 0 Å². The van der Waals surface area contributed by atoms with Gasteiger partial charge in [0.1, 0.15) is 0 Å². The Morgan fingerprint density at radius 1 is 1.75 bits per heavy atom. The maximum Gasteiger partial charge on any atom is 0.186 e. The lowest BCUT2D eigenvalue weighted by molar-refractivity contribution is -0.132. The second-order valence-electron chi connectivity index (χ2n) is 2.40. The second kappa shape index (κ2) is 1.14. The van der Waals surface area contributed by atoms with Crippen molar-refractivity contribution in [1.82, 2.24) is 0 Å². The quantitative estimate of drug-likeness (QED) is 0.460. The lowest BCUT2D eigenvalue weighted by Gasteiger charge is -2.11. The molecule has 0 spiro atoms. The summed E-state index contributed by atoms with van der Waals surface area (Å²) < 4.78 is 5.10. The smallest absolute Gasteiger partial charge is 0.186 e. The molecule has 44 valence electrons. The molecule has 8 heavy (non-hydrogen) atoms.